The molecule has 100 valence electrons. The van der Waals surface area contributed by atoms with Crippen LogP contribution < -0.4 is 10.2 Å². The van der Waals surface area contributed by atoms with Crippen LogP contribution in [-0.2, 0) is 4.74 Å². The highest BCUT2D eigenvalue weighted by atomic mass is 32.1. The number of fused-ring (bicyclic) bond motifs is 1. The van der Waals surface area contributed by atoms with E-state index in [-0.39, 0.29) is 5.97 Å². The van der Waals surface area contributed by atoms with E-state index in [0.717, 1.165) is 41.5 Å². The minimum atomic E-state index is -0.305. The zero-order chi connectivity index (χ0) is 13.2. The van der Waals surface area contributed by atoms with Crippen molar-refractivity contribution in [1.82, 2.24) is 10.3 Å². The number of carbonyl (C=O) groups is 1. The van der Waals surface area contributed by atoms with Gasteiger partial charge in [0.1, 0.15) is 0 Å². The van der Waals surface area contributed by atoms with Gasteiger partial charge < -0.3 is 15.0 Å². The van der Waals surface area contributed by atoms with Crippen LogP contribution in [0.25, 0.3) is 10.2 Å². The summed E-state index contributed by atoms with van der Waals surface area (Å²) < 4.78 is 5.72. The van der Waals surface area contributed by atoms with E-state index >= 15 is 0 Å². The van der Waals surface area contributed by atoms with Gasteiger partial charge in [-0.3, -0.25) is 0 Å². The fraction of sp³-hybridized carbons (Fsp3) is 0.385. The first kappa shape index (κ1) is 12.4. The number of rotatable bonds is 2. The first-order valence-electron chi connectivity index (χ1n) is 6.23. The number of benzene rings is 1. The highest BCUT2D eigenvalue weighted by Gasteiger charge is 2.18. The number of methoxy groups -OCH3 is 1. The molecule has 2 heterocycles. The number of nitrogens with one attached hydrogen (secondary N) is 1. The number of anilines is 1. The van der Waals surface area contributed by atoms with Gasteiger partial charge in [-0.2, -0.15) is 0 Å². The van der Waals surface area contributed by atoms with Crippen LogP contribution in [0.15, 0.2) is 18.2 Å². The topological polar surface area (TPSA) is 54.5 Å². The van der Waals surface area contributed by atoms with Gasteiger partial charge in [-0.15, -0.1) is 0 Å². The minimum absolute atomic E-state index is 0.305. The average Bonchev–Trinajstić information content (AvgIpc) is 2.91. The number of piperazine rings is 1. The van der Waals surface area contributed by atoms with Gasteiger partial charge in [-0.25, -0.2) is 9.78 Å². The SMILES string of the molecule is COC(=O)c1cccc2nc(N3CCNCC3)sc12. The lowest BCUT2D eigenvalue weighted by atomic mass is 10.2. The predicted octanol–water partition coefficient (Wildman–Crippen LogP) is 1.49. The summed E-state index contributed by atoms with van der Waals surface area (Å²) in [4.78, 5) is 18.6. The standard InChI is InChI=1S/C13H15N3O2S/c1-18-12(17)9-3-2-4-10-11(9)19-13(15-10)16-7-5-14-6-8-16/h2-4,14H,5-8H2,1H3. The van der Waals surface area contributed by atoms with Crippen LogP contribution >= 0.6 is 11.3 Å². The van der Waals surface area contributed by atoms with Gasteiger partial charge in [0.05, 0.1) is 22.9 Å². The van der Waals surface area contributed by atoms with E-state index < -0.39 is 0 Å². The molecule has 1 aromatic carbocycles. The maximum Gasteiger partial charge on any atom is 0.339 e. The third-order valence-electron chi connectivity index (χ3n) is 3.20. The third-order valence-corrected chi connectivity index (χ3v) is 4.36. The second-order valence-corrected chi connectivity index (χ2v) is 5.36. The molecule has 1 aromatic heterocycles. The molecule has 0 radical (unpaired) electrons. The van der Waals surface area contributed by atoms with Gasteiger partial charge in [0.25, 0.3) is 0 Å². The van der Waals surface area contributed by atoms with E-state index in [4.69, 9.17) is 4.74 Å². The van der Waals surface area contributed by atoms with E-state index in [9.17, 15) is 4.79 Å². The maximum absolute atomic E-state index is 11.7. The summed E-state index contributed by atoms with van der Waals surface area (Å²) in [6, 6.07) is 5.56. The molecule has 3 rings (SSSR count). The third kappa shape index (κ3) is 2.29. The second kappa shape index (κ2) is 5.14. The Morgan fingerprint density at radius 2 is 2.21 bits per heavy atom. The normalized spacial score (nSPS) is 15.7. The Bertz CT molecular complexity index is 605. The lowest BCUT2D eigenvalue weighted by Gasteiger charge is -2.26. The summed E-state index contributed by atoms with van der Waals surface area (Å²) in [7, 11) is 1.40. The van der Waals surface area contributed by atoms with Crippen molar-refractivity contribution in [2.24, 2.45) is 0 Å². The molecule has 1 aliphatic heterocycles. The number of thiazole rings is 1. The van der Waals surface area contributed by atoms with Crippen molar-refractivity contribution < 1.29 is 9.53 Å². The van der Waals surface area contributed by atoms with Gasteiger partial charge in [-0.1, -0.05) is 17.4 Å². The Hall–Kier alpha value is -1.66. The van der Waals surface area contributed by atoms with Gasteiger partial charge in [0.15, 0.2) is 5.13 Å². The molecule has 0 bridgehead atoms. The molecule has 5 nitrogen and oxygen atoms in total. The van der Waals surface area contributed by atoms with E-state index in [1.807, 2.05) is 12.1 Å². The van der Waals surface area contributed by atoms with Gasteiger partial charge in [0, 0.05) is 26.2 Å². The van der Waals surface area contributed by atoms with E-state index in [0.29, 0.717) is 5.56 Å². The fourth-order valence-electron chi connectivity index (χ4n) is 2.20. The molecular formula is C13H15N3O2S. The number of nitrogens with zero attached hydrogens (tertiary/aromatic N) is 2. The summed E-state index contributed by atoms with van der Waals surface area (Å²) in [6.45, 7) is 3.85. The molecule has 0 spiro atoms. The van der Waals surface area contributed by atoms with Crippen LogP contribution in [0, 0.1) is 0 Å². The van der Waals surface area contributed by atoms with Crippen molar-refractivity contribution in [2.45, 2.75) is 0 Å². The zero-order valence-corrected chi connectivity index (χ0v) is 11.5. The lowest BCUT2D eigenvalue weighted by Crippen LogP contribution is -2.43. The molecule has 0 unspecified atom stereocenters. The molecule has 2 aromatic rings. The second-order valence-electron chi connectivity index (χ2n) is 4.38. The van der Waals surface area contributed by atoms with Crippen molar-refractivity contribution in [3.63, 3.8) is 0 Å². The van der Waals surface area contributed by atoms with Crippen LogP contribution in [0.1, 0.15) is 10.4 Å². The highest BCUT2D eigenvalue weighted by molar-refractivity contribution is 7.22. The van der Waals surface area contributed by atoms with E-state index in [1.165, 1.54) is 7.11 Å². The maximum atomic E-state index is 11.7. The number of aromatic nitrogens is 1. The molecule has 19 heavy (non-hydrogen) atoms. The molecule has 1 N–H and O–H groups in total. The van der Waals surface area contributed by atoms with Crippen molar-refractivity contribution in [3.05, 3.63) is 23.8 Å². The van der Waals surface area contributed by atoms with Crippen molar-refractivity contribution in [3.8, 4) is 0 Å². The predicted molar refractivity (Wildman–Crippen MR) is 76.0 cm³/mol. The van der Waals surface area contributed by atoms with Gasteiger partial charge in [-0.05, 0) is 12.1 Å². The molecule has 0 saturated carbocycles. The summed E-state index contributed by atoms with van der Waals surface area (Å²) in [5.41, 5.74) is 1.46. The summed E-state index contributed by atoms with van der Waals surface area (Å²) in [5, 5.41) is 4.30. The molecule has 6 heteroatoms. The van der Waals surface area contributed by atoms with E-state index in [1.54, 1.807) is 17.4 Å². The van der Waals surface area contributed by atoms with E-state index in [2.05, 4.69) is 15.2 Å². The number of hydrogen-bond acceptors (Lipinski definition) is 6. The van der Waals surface area contributed by atoms with Crippen LogP contribution in [0.4, 0.5) is 5.13 Å². The summed E-state index contributed by atoms with van der Waals surface area (Å²) >= 11 is 1.56. The Balaban J connectivity index is 2.02. The average molecular weight is 277 g/mol. The molecule has 1 aliphatic rings. The Morgan fingerprint density at radius 3 is 2.95 bits per heavy atom. The number of esters is 1. The zero-order valence-electron chi connectivity index (χ0n) is 10.7. The van der Waals surface area contributed by atoms with Crippen LogP contribution in [-0.4, -0.2) is 44.2 Å². The number of carbonyl (C=O) groups excluding carboxylic acids is 1. The Labute approximate surface area is 115 Å². The Kier molecular flexibility index (Phi) is 3.35. The molecule has 0 atom stereocenters. The smallest absolute Gasteiger partial charge is 0.339 e. The van der Waals surface area contributed by atoms with Crippen molar-refractivity contribution >= 4 is 32.7 Å². The molecular weight excluding hydrogens is 262 g/mol. The van der Waals surface area contributed by atoms with Crippen LogP contribution in [0.2, 0.25) is 0 Å². The highest BCUT2D eigenvalue weighted by Crippen LogP contribution is 2.31. The minimum Gasteiger partial charge on any atom is -0.465 e. The van der Waals surface area contributed by atoms with Crippen LogP contribution in [0.3, 0.4) is 0 Å². The monoisotopic (exact) mass is 277 g/mol. The lowest BCUT2D eigenvalue weighted by molar-refractivity contribution is 0.0603. The quantitative estimate of drug-likeness (QED) is 0.843. The van der Waals surface area contributed by atoms with Crippen molar-refractivity contribution in [2.75, 3.05) is 38.2 Å². The number of ether oxygens (including phenoxy) is 1. The Morgan fingerprint density at radius 1 is 1.42 bits per heavy atom. The first-order chi connectivity index (χ1) is 9.29. The van der Waals surface area contributed by atoms with Gasteiger partial charge >= 0.3 is 5.97 Å². The molecule has 0 aliphatic carbocycles. The molecule has 0 amide bonds. The fourth-order valence-corrected chi connectivity index (χ4v) is 3.32. The molecule has 1 fully saturated rings. The summed E-state index contributed by atoms with van der Waals surface area (Å²) in [6.07, 6.45) is 0. The van der Waals surface area contributed by atoms with Crippen molar-refractivity contribution in [1.29, 1.82) is 0 Å². The molecule has 1 saturated heterocycles. The largest absolute Gasteiger partial charge is 0.465 e. The van der Waals surface area contributed by atoms with Crippen LogP contribution in [0.5, 0.6) is 0 Å². The summed E-state index contributed by atoms with van der Waals surface area (Å²) in [5.74, 6) is -0.305. The van der Waals surface area contributed by atoms with Gasteiger partial charge in [0.2, 0.25) is 0 Å². The first-order valence-corrected chi connectivity index (χ1v) is 7.05. The number of hydrogen-bond donors (Lipinski definition) is 1.